The molecule has 1 amide bonds. The highest BCUT2D eigenvalue weighted by Gasteiger charge is 2.29. The first-order valence-electron chi connectivity index (χ1n) is 5.18. The maximum atomic E-state index is 13.4. The summed E-state index contributed by atoms with van der Waals surface area (Å²) in [7, 11) is 0. The molecular weight excluding hydrogens is 343 g/mol. The molecule has 0 bridgehead atoms. The summed E-state index contributed by atoms with van der Waals surface area (Å²) < 4.78 is 93.5. The molecule has 0 spiro atoms. The number of carbonyl (C=O) groups excluding carboxylic acids is 1. The van der Waals surface area contributed by atoms with Gasteiger partial charge in [0.2, 0.25) is 5.82 Å². The summed E-state index contributed by atoms with van der Waals surface area (Å²) in [6, 6.07) is 0. The second kappa shape index (κ2) is 5.87. The minimum Gasteiger partial charge on any atom is -0.316 e. The van der Waals surface area contributed by atoms with Crippen molar-refractivity contribution < 1.29 is 35.5 Å². The summed E-state index contributed by atoms with van der Waals surface area (Å²) in [5.74, 6) is -13.1. The molecule has 0 saturated carbocycles. The third-order valence-corrected chi connectivity index (χ3v) is 3.11. The molecule has 1 N–H and O–H groups in total. The van der Waals surface area contributed by atoms with Gasteiger partial charge in [-0.25, -0.2) is 30.7 Å². The predicted octanol–water partition coefficient (Wildman–Crippen LogP) is 3.42. The van der Waals surface area contributed by atoms with Gasteiger partial charge >= 0.3 is 0 Å². The van der Waals surface area contributed by atoms with Crippen LogP contribution in [0.25, 0.3) is 0 Å². The Kier molecular flexibility index (Phi) is 4.30. The van der Waals surface area contributed by atoms with Crippen LogP contribution in [-0.4, -0.2) is 15.5 Å². The van der Waals surface area contributed by atoms with Crippen LogP contribution in [-0.2, 0) is 0 Å². The molecule has 0 aliphatic heterocycles. The zero-order valence-corrected chi connectivity index (χ0v) is 10.8. The number of nitrogens with zero attached hydrogens (tertiary/aromatic N) is 2. The number of hydrogen-bond acceptors (Lipinski definition) is 4. The first-order valence-corrected chi connectivity index (χ1v) is 5.96. The van der Waals surface area contributed by atoms with E-state index in [4.69, 9.17) is 0 Å². The number of amides is 1. The molecule has 1 aromatic heterocycles. The standard InChI is InChI=1S/C10H2F7N3OS/c11-1-2(12)4(14)6(5(15)3(1)13)18-10(21)8-7(9(16)17)19-20-22-8/h9H,(H,18,21). The lowest BCUT2D eigenvalue weighted by atomic mass is 10.2. The van der Waals surface area contributed by atoms with E-state index < -0.39 is 57.7 Å². The first-order chi connectivity index (χ1) is 10.3. The van der Waals surface area contributed by atoms with Crippen molar-refractivity contribution >= 4 is 23.1 Å². The highest BCUT2D eigenvalue weighted by Crippen LogP contribution is 2.29. The number of aromatic nitrogens is 2. The molecule has 118 valence electrons. The summed E-state index contributed by atoms with van der Waals surface area (Å²) in [6.07, 6.45) is -3.21. The van der Waals surface area contributed by atoms with E-state index in [-0.39, 0.29) is 11.5 Å². The fourth-order valence-electron chi connectivity index (χ4n) is 1.38. The molecule has 1 aromatic carbocycles. The van der Waals surface area contributed by atoms with Crippen molar-refractivity contribution in [3.05, 3.63) is 39.7 Å². The maximum Gasteiger partial charge on any atom is 0.283 e. The molecule has 4 nitrogen and oxygen atoms in total. The second-order valence-electron chi connectivity index (χ2n) is 3.69. The van der Waals surface area contributed by atoms with Crippen LogP contribution in [0, 0.1) is 29.1 Å². The van der Waals surface area contributed by atoms with Crippen molar-refractivity contribution in [3.8, 4) is 0 Å². The highest BCUT2D eigenvalue weighted by atomic mass is 32.1. The zero-order chi connectivity index (χ0) is 16.6. The molecule has 0 unspecified atom stereocenters. The Morgan fingerprint density at radius 1 is 0.955 bits per heavy atom. The van der Waals surface area contributed by atoms with Gasteiger partial charge in [0.1, 0.15) is 10.6 Å². The Morgan fingerprint density at radius 2 is 1.45 bits per heavy atom. The average Bonchev–Trinajstić information content (AvgIpc) is 2.97. The van der Waals surface area contributed by atoms with E-state index in [0.29, 0.717) is 0 Å². The van der Waals surface area contributed by atoms with Crippen molar-refractivity contribution in [1.82, 2.24) is 9.59 Å². The Bertz CT molecular complexity index is 719. The van der Waals surface area contributed by atoms with Gasteiger partial charge in [0.15, 0.2) is 29.0 Å². The first kappa shape index (κ1) is 16.1. The number of carbonyl (C=O) groups is 1. The largest absolute Gasteiger partial charge is 0.316 e. The van der Waals surface area contributed by atoms with Gasteiger partial charge in [-0.15, -0.1) is 5.10 Å². The smallest absolute Gasteiger partial charge is 0.283 e. The van der Waals surface area contributed by atoms with Crippen LogP contribution < -0.4 is 5.32 Å². The van der Waals surface area contributed by atoms with Gasteiger partial charge in [0, 0.05) is 0 Å². The molecule has 1 heterocycles. The van der Waals surface area contributed by atoms with Crippen molar-refractivity contribution in [2.45, 2.75) is 6.43 Å². The SMILES string of the molecule is O=C(Nc1c(F)c(F)c(F)c(F)c1F)c1snnc1C(F)F. The Labute approximate surface area is 120 Å². The van der Waals surface area contributed by atoms with Gasteiger partial charge < -0.3 is 5.32 Å². The van der Waals surface area contributed by atoms with E-state index in [9.17, 15) is 35.5 Å². The van der Waals surface area contributed by atoms with E-state index in [1.165, 1.54) is 5.32 Å². The number of anilines is 1. The summed E-state index contributed by atoms with van der Waals surface area (Å²) >= 11 is 0.169. The van der Waals surface area contributed by atoms with Gasteiger partial charge in [-0.05, 0) is 11.5 Å². The molecule has 0 aliphatic rings. The average molecular weight is 345 g/mol. The minimum atomic E-state index is -3.21. The molecule has 12 heteroatoms. The van der Waals surface area contributed by atoms with E-state index in [0.717, 1.165) is 0 Å². The van der Waals surface area contributed by atoms with Crippen LogP contribution in [0.4, 0.5) is 36.4 Å². The van der Waals surface area contributed by atoms with E-state index in [2.05, 4.69) is 9.59 Å². The Morgan fingerprint density at radius 3 is 1.95 bits per heavy atom. The molecule has 2 aromatic rings. The van der Waals surface area contributed by atoms with Crippen molar-refractivity contribution in [2.75, 3.05) is 5.32 Å². The fraction of sp³-hybridized carbons (Fsp3) is 0.100. The lowest BCUT2D eigenvalue weighted by molar-refractivity contribution is 0.101. The molecular formula is C10H2F7N3OS. The second-order valence-corrected chi connectivity index (χ2v) is 4.44. The van der Waals surface area contributed by atoms with Crippen LogP contribution in [0.3, 0.4) is 0 Å². The molecule has 0 atom stereocenters. The number of alkyl halides is 2. The number of rotatable bonds is 3. The Balaban J connectivity index is 2.43. The monoisotopic (exact) mass is 345 g/mol. The molecule has 0 radical (unpaired) electrons. The van der Waals surface area contributed by atoms with E-state index in [1.807, 2.05) is 0 Å². The van der Waals surface area contributed by atoms with Crippen molar-refractivity contribution in [1.29, 1.82) is 0 Å². The molecule has 22 heavy (non-hydrogen) atoms. The summed E-state index contributed by atoms with van der Waals surface area (Å²) in [5, 5.41) is 4.28. The van der Waals surface area contributed by atoms with Gasteiger partial charge in [0.25, 0.3) is 12.3 Å². The number of benzene rings is 1. The third-order valence-electron chi connectivity index (χ3n) is 2.37. The summed E-state index contributed by atoms with van der Waals surface area (Å²) in [5.41, 5.74) is -2.73. The van der Waals surface area contributed by atoms with Crippen LogP contribution >= 0.6 is 11.5 Å². The molecule has 0 aliphatic carbocycles. The maximum absolute atomic E-state index is 13.4. The Hall–Kier alpha value is -2.24. The van der Waals surface area contributed by atoms with E-state index >= 15 is 0 Å². The van der Waals surface area contributed by atoms with Crippen molar-refractivity contribution in [2.24, 2.45) is 0 Å². The van der Waals surface area contributed by atoms with E-state index in [1.54, 1.807) is 0 Å². The van der Waals surface area contributed by atoms with Crippen LogP contribution in [0.15, 0.2) is 0 Å². The fourth-order valence-corrected chi connectivity index (χ4v) is 1.95. The molecule has 0 fully saturated rings. The van der Waals surface area contributed by atoms with Gasteiger partial charge in [0.05, 0.1) is 0 Å². The van der Waals surface area contributed by atoms with Crippen LogP contribution in [0.2, 0.25) is 0 Å². The van der Waals surface area contributed by atoms with Crippen LogP contribution in [0.1, 0.15) is 21.8 Å². The summed E-state index contributed by atoms with van der Waals surface area (Å²) in [6.45, 7) is 0. The lowest BCUT2D eigenvalue weighted by Gasteiger charge is -2.09. The number of halogens is 7. The van der Waals surface area contributed by atoms with Crippen molar-refractivity contribution in [3.63, 3.8) is 0 Å². The highest BCUT2D eigenvalue weighted by molar-refractivity contribution is 7.08. The van der Waals surface area contributed by atoms with Gasteiger partial charge in [-0.1, -0.05) is 4.49 Å². The zero-order valence-electron chi connectivity index (χ0n) is 9.93. The van der Waals surface area contributed by atoms with Crippen LogP contribution in [0.5, 0.6) is 0 Å². The predicted molar refractivity (Wildman–Crippen MR) is 59.1 cm³/mol. The minimum absolute atomic E-state index is 0.169. The van der Waals surface area contributed by atoms with Gasteiger partial charge in [-0.3, -0.25) is 4.79 Å². The number of hydrogen-bond donors (Lipinski definition) is 1. The molecule has 0 saturated heterocycles. The topological polar surface area (TPSA) is 54.9 Å². The van der Waals surface area contributed by atoms with Gasteiger partial charge in [-0.2, -0.15) is 0 Å². The quantitative estimate of drug-likeness (QED) is 0.527. The lowest BCUT2D eigenvalue weighted by Crippen LogP contribution is -2.17. The number of nitrogens with one attached hydrogen (secondary N) is 1. The third kappa shape index (κ3) is 2.61. The normalized spacial score (nSPS) is 11.1. The molecule has 2 rings (SSSR count). The summed E-state index contributed by atoms with van der Waals surface area (Å²) in [4.78, 5) is 10.8.